The second kappa shape index (κ2) is 10.1. The molecular formula is C27H30F5N3O. The maximum absolute atomic E-state index is 15.6. The maximum Gasteiger partial charge on any atom is 0.251 e. The van der Waals surface area contributed by atoms with Gasteiger partial charge in [-0.25, -0.2) is 17.6 Å². The number of nitrogens with one attached hydrogen (secondary N) is 1. The van der Waals surface area contributed by atoms with E-state index in [9.17, 15) is 18.3 Å². The Labute approximate surface area is 206 Å². The molecule has 0 bridgehead atoms. The van der Waals surface area contributed by atoms with Gasteiger partial charge in [-0.1, -0.05) is 18.2 Å². The first-order valence-electron chi connectivity index (χ1n) is 12.4. The molecule has 36 heavy (non-hydrogen) atoms. The molecule has 2 N–H and O–H groups in total. The Bertz CT molecular complexity index is 1200. The van der Waals surface area contributed by atoms with E-state index in [1.165, 1.54) is 4.90 Å². The number of rotatable bonds is 8. The van der Waals surface area contributed by atoms with Gasteiger partial charge in [0.25, 0.3) is 6.43 Å². The van der Waals surface area contributed by atoms with Crippen LogP contribution in [0.5, 0.6) is 0 Å². The molecule has 1 saturated heterocycles. The Kier molecular flexibility index (Phi) is 7.07. The fourth-order valence-electron chi connectivity index (χ4n) is 5.85. The van der Waals surface area contributed by atoms with Crippen LogP contribution in [-0.4, -0.2) is 65.2 Å². The van der Waals surface area contributed by atoms with Crippen molar-refractivity contribution in [1.82, 2.24) is 14.8 Å². The molecule has 3 aromatic rings. The summed E-state index contributed by atoms with van der Waals surface area (Å²) < 4.78 is 70.8. The first-order valence-corrected chi connectivity index (χ1v) is 12.4. The van der Waals surface area contributed by atoms with Crippen LogP contribution in [0.15, 0.2) is 36.4 Å². The van der Waals surface area contributed by atoms with Gasteiger partial charge in [-0.15, -0.1) is 0 Å². The molecule has 5 rings (SSSR count). The lowest BCUT2D eigenvalue weighted by Gasteiger charge is -2.42. The number of para-hydroxylation sites is 1. The van der Waals surface area contributed by atoms with Crippen LogP contribution in [0.25, 0.3) is 10.9 Å². The number of likely N-dealkylation sites (tertiary alicyclic amines) is 1. The normalized spacial score (nSPS) is 22.2. The van der Waals surface area contributed by atoms with Crippen molar-refractivity contribution in [2.75, 3.05) is 32.9 Å². The average Bonchev–Trinajstić information content (AvgIpc) is 3.17. The molecule has 194 valence electrons. The van der Waals surface area contributed by atoms with Crippen molar-refractivity contribution in [1.29, 1.82) is 0 Å². The molecule has 4 nitrogen and oxygen atoms in total. The fourth-order valence-corrected chi connectivity index (χ4v) is 5.85. The number of H-pyrrole nitrogens is 1. The number of alkyl halides is 3. The van der Waals surface area contributed by atoms with Gasteiger partial charge in [-0.3, -0.25) is 9.29 Å². The minimum atomic E-state index is -2.67. The minimum Gasteiger partial charge on any atom is -0.388 e. The fraction of sp³-hybridized carbons (Fsp3) is 0.481. The van der Waals surface area contributed by atoms with Gasteiger partial charge >= 0.3 is 0 Å². The second-order valence-corrected chi connectivity index (χ2v) is 10.0. The number of benzene rings is 2. The quantitative estimate of drug-likeness (QED) is 0.403. The smallest absolute Gasteiger partial charge is 0.251 e. The molecule has 3 heterocycles. The van der Waals surface area contributed by atoms with Crippen molar-refractivity contribution in [3.8, 4) is 0 Å². The largest absolute Gasteiger partial charge is 0.388 e. The SMILES string of the molecule is C[C@@H]1Cc2c([nH]c3ccccc23)[C@@H](c2c(F)cc([C@@H](O)C3CN(CCCF)C3)cc2F)N1CC(F)F. The van der Waals surface area contributed by atoms with E-state index in [2.05, 4.69) is 4.98 Å². The molecule has 0 aliphatic carbocycles. The topological polar surface area (TPSA) is 42.5 Å². The van der Waals surface area contributed by atoms with Gasteiger partial charge in [0.1, 0.15) is 11.6 Å². The monoisotopic (exact) mass is 507 g/mol. The summed E-state index contributed by atoms with van der Waals surface area (Å²) in [6.45, 7) is 2.37. The van der Waals surface area contributed by atoms with Crippen LogP contribution in [0.1, 0.15) is 47.9 Å². The zero-order valence-corrected chi connectivity index (χ0v) is 20.0. The summed E-state index contributed by atoms with van der Waals surface area (Å²) in [5.74, 6) is -1.96. The van der Waals surface area contributed by atoms with E-state index < -0.39 is 43.4 Å². The van der Waals surface area contributed by atoms with Crippen LogP contribution in [-0.2, 0) is 6.42 Å². The standard InChI is InChI=1S/C27H30F5N3O/c1-15-9-19-18-5-2-3-6-22(18)33-25(19)26(35(15)14-23(31)32)24-20(29)10-16(11-21(24)30)27(36)17-12-34(13-17)8-4-7-28/h2-3,5-6,10-11,15,17,23,26-27,33,36H,4,7-9,12-14H2,1H3/t15-,26-,27-/m1/s1. The zero-order chi connectivity index (χ0) is 25.6. The lowest BCUT2D eigenvalue weighted by atomic mass is 9.85. The highest BCUT2D eigenvalue weighted by atomic mass is 19.3. The van der Waals surface area contributed by atoms with E-state index >= 15 is 8.78 Å². The van der Waals surface area contributed by atoms with Crippen molar-refractivity contribution < 1.29 is 27.1 Å². The number of fused-ring (bicyclic) bond motifs is 3. The van der Waals surface area contributed by atoms with E-state index in [0.29, 0.717) is 38.2 Å². The van der Waals surface area contributed by atoms with E-state index in [0.717, 1.165) is 28.6 Å². The Morgan fingerprint density at radius 3 is 2.47 bits per heavy atom. The summed E-state index contributed by atoms with van der Waals surface area (Å²) >= 11 is 0. The van der Waals surface area contributed by atoms with Gasteiger partial charge in [0.15, 0.2) is 0 Å². The molecule has 1 fully saturated rings. The highest BCUT2D eigenvalue weighted by molar-refractivity contribution is 5.85. The Hall–Kier alpha value is -2.49. The lowest BCUT2D eigenvalue weighted by Crippen LogP contribution is -2.49. The predicted octanol–water partition coefficient (Wildman–Crippen LogP) is 5.37. The number of nitrogens with zero attached hydrogens (tertiary/aromatic N) is 2. The maximum atomic E-state index is 15.6. The number of aromatic amines is 1. The third kappa shape index (κ3) is 4.53. The van der Waals surface area contributed by atoms with Crippen LogP contribution in [0.3, 0.4) is 0 Å². The molecule has 0 spiro atoms. The zero-order valence-electron chi connectivity index (χ0n) is 20.0. The first-order chi connectivity index (χ1) is 17.3. The van der Waals surface area contributed by atoms with Crippen LogP contribution < -0.4 is 0 Å². The number of hydrogen-bond acceptors (Lipinski definition) is 3. The third-order valence-electron chi connectivity index (χ3n) is 7.62. The minimum absolute atomic E-state index is 0.116. The summed E-state index contributed by atoms with van der Waals surface area (Å²) in [5, 5.41) is 11.7. The number of hydrogen-bond donors (Lipinski definition) is 2. The lowest BCUT2D eigenvalue weighted by molar-refractivity contribution is -0.00642. The first kappa shape index (κ1) is 25.2. The number of halogens is 5. The van der Waals surface area contributed by atoms with E-state index in [4.69, 9.17) is 0 Å². The summed E-state index contributed by atoms with van der Waals surface area (Å²) in [5.41, 5.74) is 1.99. The molecule has 0 saturated carbocycles. The molecule has 2 aliphatic heterocycles. The number of aliphatic hydroxyl groups excluding tert-OH is 1. The Morgan fingerprint density at radius 2 is 1.81 bits per heavy atom. The van der Waals surface area contributed by atoms with Crippen LogP contribution in [0.2, 0.25) is 0 Å². The molecule has 0 amide bonds. The number of aliphatic hydroxyl groups is 1. The highest BCUT2D eigenvalue weighted by Gasteiger charge is 2.40. The van der Waals surface area contributed by atoms with Crippen molar-refractivity contribution in [2.45, 2.75) is 44.4 Å². The van der Waals surface area contributed by atoms with Gasteiger partial charge in [0.05, 0.1) is 25.4 Å². The number of aromatic nitrogens is 1. The van der Waals surface area contributed by atoms with Gasteiger partial charge in [0, 0.05) is 53.8 Å². The van der Waals surface area contributed by atoms with Crippen molar-refractivity contribution in [2.24, 2.45) is 5.92 Å². The molecule has 1 aromatic heterocycles. The molecule has 3 atom stereocenters. The van der Waals surface area contributed by atoms with Crippen LogP contribution >= 0.6 is 0 Å². The molecule has 9 heteroatoms. The van der Waals surface area contributed by atoms with E-state index in [1.54, 1.807) is 6.92 Å². The third-order valence-corrected chi connectivity index (χ3v) is 7.62. The molecule has 0 unspecified atom stereocenters. The van der Waals surface area contributed by atoms with E-state index in [-0.39, 0.29) is 23.1 Å². The van der Waals surface area contributed by atoms with Gasteiger partial charge in [-0.05, 0) is 49.1 Å². The summed E-state index contributed by atoms with van der Waals surface area (Å²) in [4.78, 5) is 6.67. The van der Waals surface area contributed by atoms with Gasteiger partial charge in [0.2, 0.25) is 0 Å². The van der Waals surface area contributed by atoms with Crippen LogP contribution in [0, 0.1) is 17.6 Å². The molecular weight excluding hydrogens is 477 g/mol. The summed E-state index contributed by atoms with van der Waals surface area (Å²) in [7, 11) is 0. The van der Waals surface area contributed by atoms with Crippen molar-refractivity contribution in [3.63, 3.8) is 0 Å². The van der Waals surface area contributed by atoms with Crippen molar-refractivity contribution in [3.05, 3.63) is 70.4 Å². The average molecular weight is 508 g/mol. The molecule has 2 aliphatic rings. The molecule has 0 radical (unpaired) electrons. The van der Waals surface area contributed by atoms with Gasteiger partial charge < -0.3 is 15.0 Å². The van der Waals surface area contributed by atoms with Gasteiger partial charge in [-0.2, -0.15) is 0 Å². The Morgan fingerprint density at radius 1 is 1.11 bits per heavy atom. The highest BCUT2D eigenvalue weighted by Crippen LogP contribution is 2.43. The predicted molar refractivity (Wildman–Crippen MR) is 128 cm³/mol. The summed E-state index contributed by atoms with van der Waals surface area (Å²) in [6.07, 6.45) is -2.86. The van der Waals surface area contributed by atoms with E-state index in [1.807, 2.05) is 29.2 Å². The van der Waals surface area contributed by atoms with Crippen molar-refractivity contribution >= 4 is 10.9 Å². The Balaban J connectivity index is 1.51. The molecule has 2 aromatic carbocycles. The van der Waals surface area contributed by atoms with Crippen LogP contribution in [0.4, 0.5) is 22.0 Å². The second-order valence-electron chi connectivity index (χ2n) is 10.0. The summed E-state index contributed by atoms with van der Waals surface area (Å²) in [6, 6.07) is 8.30.